The molecule has 18 heavy (non-hydrogen) atoms. The van der Waals surface area contributed by atoms with Crippen molar-refractivity contribution in [3.63, 3.8) is 0 Å². The molecule has 0 aliphatic rings. The van der Waals surface area contributed by atoms with E-state index in [0.29, 0.717) is 16.7 Å². The van der Waals surface area contributed by atoms with Crippen LogP contribution < -0.4 is 10.1 Å². The lowest BCUT2D eigenvalue weighted by Crippen LogP contribution is -2.12. The molecule has 1 aromatic heterocycles. The van der Waals surface area contributed by atoms with E-state index < -0.39 is 0 Å². The quantitative estimate of drug-likeness (QED) is 0.890. The van der Waals surface area contributed by atoms with Crippen LogP contribution in [0.15, 0.2) is 24.3 Å². The van der Waals surface area contributed by atoms with Crippen LogP contribution in [0.5, 0.6) is 11.6 Å². The van der Waals surface area contributed by atoms with E-state index in [2.05, 4.69) is 22.4 Å². The first-order valence-electron chi connectivity index (χ1n) is 5.76. The Bertz CT molecular complexity index is 539. The fraction of sp³-hybridized carbons (Fsp3) is 0.308. The summed E-state index contributed by atoms with van der Waals surface area (Å²) in [7, 11) is 1.91. The molecule has 0 spiro atoms. The number of hydrogen-bond acceptors (Lipinski definition) is 3. The predicted molar refractivity (Wildman–Crippen MR) is 72.3 cm³/mol. The number of hydrogen-bond donors (Lipinski definition) is 2. The van der Waals surface area contributed by atoms with Gasteiger partial charge in [0.1, 0.15) is 5.75 Å². The summed E-state index contributed by atoms with van der Waals surface area (Å²) >= 11 is 6.20. The zero-order valence-corrected chi connectivity index (χ0v) is 11.4. The topological polar surface area (TPSA) is 49.9 Å². The fourth-order valence-corrected chi connectivity index (χ4v) is 1.82. The lowest BCUT2D eigenvalue weighted by Gasteiger charge is -2.12. The molecule has 0 saturated heterocycles. The number of aromatic amines is 1. The molecule has 4 nitrogen and oxygen atoms in total. The molecule has 0 fully saturated rings. The van der Waals surface area contributed by atoms with Crippen LogP contribution in [0, 0.1) is 6.92 Å². The Kier molecular flexibility index (Phi) is 3.89. The lowest BCUT2D eigenvalue weighted by molar-refractivity contribution is 0.461. The molecule has 1 unspecified atom stereocenters. The van der Waals surface area contributed by atoms with Gasteiger partial charge in [-0.1, -0.05) is 17.7 Å². The van der Waals surface area contributed by atoms with Crippen LogP contribution in [0.4, 0.5) is 0 Å². The van der Waals surface area contributed by atoms with E-state index in [0.717, 1.165) is 11.3 Å². The summed E-state index contributed by atoms with van der Waals surface area (Å²) in [6, 6.07) is 7.82. The highest BCUT2D eigenvalue weighted by molar-refractivity contribution is 6.32. The highest BCUT2D eigenvalue weighted by Crippen LogP contribution is 2.31. The van der Waals surface area contributed by atoms with Gasteiger partial charge in [0.2, 0.25) is 5.88 Å². The van der Waals surface area contributed by atoms with E-state index in [-0.39, 0.29) is 6.04 Å². The molecular weight excluding hydrogens is 250 g/mol. The van der Waals surface area contributed by atoms with Crippen LogP contribution in [-0.4, -0.2) is 17.2 Å². The number of H-pyrrole nitrogens is 1. The minimum Gasteiger partial charge on any atom is -0.436 e. The average Bonchev–Trinajstić information content (AvgIpc) is 2.76. The molecule has 2 rings (SSSR count). The number of ether oxygens (including phenoxy) is 1. The molecule has 1 atom stereocenters. The molecule has 0 aliphatic heterocycles. The summed E-state index contributed by atoms with van der Waals surface area (Å²) in [4.78, 5) is 0. The second-order valence-electron chi connectivity index (χ2n) is 4.19. The van der Waals surface area contributed by atoms with Gasteiger partial charge in [0.15, 0.2) is 0 Å². The molecule has 1 heterocycles. The van der Waals surface area contributed by atoms with Crippen LogP contribution >= 0.6 is 11.6 Å². The maximum atomic E-state index is 6.20. The molecule has 2 aromatic rings. The zero-order valence-electron chi connectivity index (χ0n) is 10.6. The normalized spacial score (nSPS) is 12.4. The fourth-order valence-electron chi connectivity index (χ4n) is 1.59. The minimum absolute atomic E-state index is 0.254. The van der Waals surface area contributed by atoms with Crippen molar-refractivity contribution in [1.82, 2.24) is 15.5 Å². The van der Waals surface area contributed by atoms with Gasteiger partial charge in [-0.15, -0.1) is 5.10 Å². The number of benzene rings is 1. The monoisotopic (exact) mass is 265 g/mol. The molecule has 96 valence electrons. The summed E-state index contributed by atoms with van der Waals surface area (Å²) in [5.41, 5.74) is 2.06. The number of nitrogens with one attached hydrogen (secondary N) is 2. The summed E-state index contributed by atoms with van der Waals surface area (Å²) in [6.45, 7) is 3.99. The second-order valence-corrected chi connectivity index (χ2v) is 4.60. The number of nitrogens with zero attached hydrogens (tertiary/aromatic N) is 1. The molecule has 0 aliphatic carbocycles. The van der Waals surface area contributed by atoms with E-state index in [1.54, 1.807) is 0 Å². The third-order valence-electron chi connectivity index (χ3n) is 2.79. The standard InChI is InChI=1S/C13H16ClN3O/c1-8-6-13(17-16-8)18-12-5-4-10(7-11(12)14)9(2)15-3/h4-7,9,15H,1-3H3,(H,16,17). The maximum absolute atomic E-state index is 6.20. The highest BCUT2D eigenvalue weighted by atomic mass is 35.5. The van der Waals surface area contributed by atoms with E-state index >= 15 is 0 Å². The third-order valence-corrected chi connectivity index (χ3v) is 3.08. The van der Waals surface area contributed by atoms with Gasteiger partial charge < -0.3 is 10.1 Å². The number of halogens is 1. The van der Waals surface area contributed by atoms with Crippen LogP contribution in [0.1, 0.15) is 24.2 Å². The Balaban J connectivity index is 2.19. The molecule has 1 aromatic carbocycles. The van der Waals surface area contributed by atoms with Gasteiger partial charge in [-0.2, -0.15) is 0 Å². The van der Waals surface area contributed by atoms with E-state index in [9.17, 15) is 0 Å². The predicted octanol–water partition coefficient (Wildman–Crippen LogP) is 3.44. The van der Waals surface area contributed by atoms with Gasteiger partial charge in [-0.25, -0.2) is 0 Å². The Hall–Kier alpha value is -1.52. The average molecular weight is 266 g/mol. The van der Waals surface area contributed by atoms with Gasteiger partial charge in [0, 0.05) is 17.8 Å². The van der Waals surface area contributed by atoms with Gasteiger partial charge in [0.25, 0.3) is 0 Å². The summed E-state index contributed by atoms with van der Waals surface area (Å²) in [5.74, 6) is 1.12. The number of aryl methyl sites for hydroxylation is 1. The van der Waals surface area contributed by atoms with Crippen LogP contribution in [0.2, 0.25) is 5.02 Å². The van der Waals surface area contributed by atoms with Crippen LogP contribution in [0.3, 0.4) is 0 Å². The van der Waals surface area contributed by atoms with Gasteiger partial charge >= 0.3 is 0 Å². The van der Waals surface area contributed by atoms with E-state index in [1.165, 1.54) is 0 Å². The van der Waals surface area contributed by atoms with Crippen molar-refractivity contribution in [3.05, 3.63) is 40.5 Å². The second kappa shape index (κ2) is 5.42. The number of aromatic nitrogens is 2. The SMILES string of the molecule is CNC(C)c1ccc(Oc2cc(C)[nH]n2)c(Cl)c1. The van der Waals surface area contributed by atoms with Crippen molar-refractivity contribution in [2.45, 2.75) is 19.9 Å². The maximum Gasteiger partial charge on any atom is 0.238 e. The van der Waals surface area contributed by atoms with E-state index in [4.69, 9.17) is 16.3 Å². The van der Waals surface area contributed by atoms with Crippen molar-refractivity contribution in [2.75, 3.05) is 7.05 Å². The van der Waals surface area contributed by atoms with Crippen LogP contribution in [0.25, 0.3) is 0 Å². The van der Waals surface area contributed by atoms with Crippen molar-refractivity contribution < 1.29 is 4.74 Å². The largest absolute Gasteiger partial charge is 0.436 e. The Morgan fingerprint density at radius 3 is 2.72 bits per heavy atom. The molecule has 0 radical (unpaired) electrons. The van der Waals surface area contributed by atoms with Crippen LogP contribution in [-0.2, 0) is 0 Å². The molecule has 2 N–H and O–H groups in total. The zero-order chi connectivity index (χ0) is 13.1. The molecule has 5 heteroatoms. The van der Waals surface area contributed by atoms with Crippen molar-refractivity contribution in [2.24, 2.45) is 0 Å². The Labute approximate surface area is 111 Å². The lowest BCUT2D eigenvalue weighted by atomic mass is 10.1. The number of rotatable bonds is 4. The molecule has 0 amide bonds. The summed E-state index contributed by atoms with van der Waals surface area (Å²) in [6.07, 6.45) is 0. The summed E-state index contributed by atoms with van der Waals surface area (Å²) in [5, 5.41) is 10.6. The van der Waals surface area contributed by atoms with Gasteiger partial charge in [-0.3, -0.25) is 5.10 Å². The molecule has 0 saturated carbocycles. The van der Waals surface area contributed by atoms with E-state index in [1.807, 2.05) is 38.2 Å². The Morgan fingerprint density at radius 2 is 2.17 bits per heavy atom. The van der Waals surface area contributed by atoms with Gasteiger partial charge in [-0.05, 0) is 38.6 Å². The third kappa shape index (κ3) is 2.83. The smallest absolute Gasteiger partial charge is 0.238 e. The molecule has 0 bridgehead atoms. The van der Waals surface area contributed by atoms with Crippen molar-refractivity contribution in [3.8, 4) is 11.6 Å². The first-order chi connectivity index (χ1) is 8.60. The van der Waals surface area contributed by atoms with Crippen molar-refractivity contribution >= 4 is 11.6 Å². The summed E-state index contributed by atoms with van der Waals surface area (Å²) < 4.78 is 5.60. The highest BCUT2D eigenvalue weighted by Gasteiger charge is 2.09. The first-order valence-corrected chi connectivity index (χ1v) is 6.14. The first kappa shape index (κ1) is 12.9. The van der Waals surface area contributed by atoms with Crippen molar-refractivity contribution in [1.29, 1.82) is 0 Å². The van der Waals surface area contributed by atoms with Gasteiger partial charge in [0.05, 0.1) is 5.02 Å². The minimum atomic E-state index is 0.254. The Morgan fingerprint density at radius 1 is 1.39 bits per heavy atom. The molecular formula is C13H16ClN3O.